The summed E-state index contributed by atoms with van der Waals surface area (Å²) in [4.78, 5) is 14.1. The molecular formula is C14H25N3O2. The van der Waals surface area contributed by atoms with E-state index >= 15 is 0 Å². The first-order valence-corrected chi connectivity index (χ1v) is 7.15. The monoisotopic (exact) mass is 267 g/mol. The molecule has 2 aliphatic rings. The van der Waals surface area contributed by atoms with Crippen LogP contribution in [0, 0.1) is 5.92 Å². The van der Waals surface area contributed by atoms with Gasteiger partial charge in [-0.1, -0.05) is 12.2 Å². The number of carbonyl (C=O) groups is 1. The molecule has 1 saturated carbocycles. The van der Waals surface area contributed by atoms with Gasteiger partial charge in [0, 0.05) is 37.2 Å². The molecule has 0 bridgehead atoms. The van der Waals surface area contributed by atoms with E-state index in [4.69, 9.17) is 5.11 Å². The largest absolute Gasteiger partial charge is 0.396 e. The van der Waals surface area contributed by atoms with Crippen molar-refractivity contribution < 1.29 is 9.90 Å². The van der Waals surface area contributed by atoms with E-state index in [1.54, 1.807) is 0 Å². The summed E-state index contributed by atoms with van der Waals surface area (Å²) in [6.07, 6.45) is 7.28. The van der Waals surface area contributed by atoms with Crippen molar-refractivity contribution in [3.05, 3.63) is 12.2 Å². The molecule has 19 heavy (non-hydrogen) atoms. The fourth-order valence-electron chi connectivity index (χ4n) is 2.46. The van der Waals surface area contributed by atoms with E-state index in [-0.39, 0.29) is 24.6 Å². The summed E-state index contributed by atoms with van der Waals surface area (Å²) in [5.74, 6) is 0.185. The maximum atomic E-state index is 11.8. The van der Waals surface area contributed by atoms with Crippen molar-refractivity contribution in [2.24, 2.45) is 5.92 Å². The molecule has 0 aromatic heterocycles. The molecule has 2 rings (SSSR count). The van der Waals surface area contributed by atoms with Crippen molar-refractivity contribution >= 4 is 6.03 Å². The Hall–Kier alpha value is -1.07. The van der Waals surface area contributed by atoms with Crippen LogP contribution in [0.5, 0.6) is 0 Å². The van der Waals surface area contributed by atoms with E-state index in [0.29, 0.717) is 18.6 Å². The number of amides is 2. The van der Waals surface area contributed by atoms with Gasteiger partial charge in [0.15, 0.2) is 0 Å². The van der Waals surface area contributed by atoms with Crippen LogP contribution in [0.1, 0.15) is 26.2 Å². The first kappa shape index (κ1) is 14.3. The van der Waals surface area contributed by atoms with E-state index in [1.807, 2.05) is 12.2 Å². The van der Waals surface area contributed by atoms with Gasteiger partial charge in [-0.25, -0.2) is 4.79 Å². The number of carbonyl (C=O) groups excluding carboxylic acids is 1. The van der Waals surface area contributed by atoms with E-state index in [1.165, 1.54) is 12.8 Å². The average molecular weight is 267 g/mol. The fourth-order valence-corrected chi connectivity index (χ4v) is 2.46. The lowest BCUT2D eigenvalue weighted by atomic mass is 10.1. The van der Waals surface area contributed by atoms with Gasteiger partial charge in [0.2, 0.25) is 0 Å². The van der Waals surface area contributed by atoms with Crippen LogP contribution < -0.4 is 10.6 Å². The lowest BCUT2D eigenvalue weighted by molar-refractivity contribution is 0.218. The van der Waals surface area contributed by atoms with Crippen LogP contribution in [-0.4, -0.2) is 54.4 Å². The minimum Gasteiger partial charge on any atom is -0.396 e. The van der Waals surface area contributed by atoms with Gasteiger partial charge in [0.1, 0.15) is 0 Å². The smallest absolute Gasteiger partial charge is 0.315 e. The third kappa shape index (κ3) is 4.21. The van der Waals surface area contributed by atoms with E-state index in [0.717, 1.165) is 6.42 Å². The first-order chi connectivity index (χ1) is 9.10. The average Bonchev–Trinajstić information content (AvgIpc) is 3.16. The molecule has 2 amide bonds. The molecule has 0 aromatic carbocycles. The number of likely N-dealkylation sites (N-methyl/N-ethyl adjacent to an activating group) is 1. The van der Waals surface area contributed by atoms with Gasteiger partial charge < -0.3 is 15.7 Å². The Kier molecular flexibility index (Phi) is 4.82. The second kappa shape index (κ2) is 6.39. The standard InChI is InChI=1S/C14H25N3O2/c1-10(17(2)13-5-6-13)8-15-14(19)16-12-4-3-11(7-12)9-18/h3-4,10-13,18H,5-9H2,1-2H3,(H2,15,16,19)/t10?,11-,12+/m0/s1. The van der Waals surface area contributed by atoms with Crippen LogP contribution in [0.3, 0.4) is 0 Å². The molecule has 3 atom stereocenters. The predicted molar refractivity (Wildman–Crippen MR) is 74.9 cm³/mol. The van der Waals surface area contributed by atoms with Gasteiger partial charge in [-0.15, -0.1) is 0 Å². The van der Waals surface area contributed by atoms with E-state index < -0.39 is 0 Å². The highest BCUT2D eigenvalue weighted by Gasteiger charge is 2.29. The van der Waals surface area contributed by atoms with Crippen LogP contribution in [-0.2, 0) is 0 Å². The molecule has 0 saturated heterocycles. The minimum absolute atomic E-state index is 0.0496. The van der Waals surface area contributed by atoms with Gasteiger partial charge in [-0.3, -0.25) is 4.90 Å². The van der Waals surface area contributed by atoms with E-state index in [2.05, 4.69) is 29.5 Å². The summed E-state index contributed by atoms with van der Waals surface area (Å²) in [5.41, 5.74) is 0. The summed E-state index contributed by atoms with van der Waals surface area (Å²) >= 11 is 0. The van der Waals surface area contributed by atoms with Crippen LogP contribution in [0.2, 0.25) is 0 Å². The molecule has 5 nitrogen and oxygen atoms in total. The summed E-state index contributed by atoms with van der Waals surface area (Å²) in [7, 11) is 2.12. The Labute approximate surface area is 115 Å². The van der Waals surface area contributed by atoms with Crippen molar-refractivity contribution in [2.45, 2.75) is 44.3 Å². The molecule has 108 valence electrons. The van der Waals surface area contributed by atoms with Crippen molar-refractivity contribution in [1.82, 2.24) is 15.5 Å². The maximum Gasteiger partial charge on any atom is 0.315 e. The maximum absolute atomic E-state index is 11.8. The van der Waals surface area contributed by atoms with Crippen molar-refractivity contribution in [1.29, 1.82) is 0 Å². The first-order valence-electron chi connectivity index (χ1n) is 7.15. The van der Waals surface area contributed by atoms with E-state index in [9.17, 15) is 4.79 Å². The Morgan fingerprint density at radius 1 is 1.47 bits per heavy atom. The zero-order valence-electron chi connectivity index (χ0n) is 11.8. The Balaban J connectivity index is 1.63. The van der Waals surface area contributed by atoms with Crippen LogP contribution in [0.15, 0.2) is 12.2 Å². The minimum atomic E-state index is -0.121. The molecule has 0 spiro atoms. The Bertz CT molecular complexity index is 342. The quantitative estimate of drug-likeness (QED) is 0.621. The van der Waals surface area contributed by atoms with Crippen molar-refractivity contribution in [3.63, 3.8) is 0 Å². The fraction of sp³-hybridized carbons (Fsp3) is 0.786. The van der Waals surface area contributed by atoms with Crippen LogP contribution in [0.4, 0.5) is 4.79 Å². The number of nitrogens with zero attached hydrogens (tertiary/aromatic N) is 1. The Morgan fingerprint density at radius 3 is 2.79 bits per heavy atom. The Morgan fingerprint density at radius 2 is 2.21 bits per heavy atom. The molecular weight excluding hydrogens is 242 g/mol. The van der Waals surface area contributed by atoms with Crippen molar-refractivity contribution in [3.8, 4) is 0 Å². The molecule has 2 aliphatic carbocycles. The number of rotatable bonds is 6. The van der Waals surface area contributed by atoms with Gasteiger partial charge in [0.05, 0.1) is 0 Å². The summed E-state index contributed by atoms with van der Waals surface area (Å²) in [5, 5.41) is 14.9. The lowest BCUT2D eigenvalue weighted by Gasteiger charge is -2.25. The third-order valence-corrected chi connectivity index (χ3v) is 4.10. The third-order valence-electron chi connectivity index (χ3n) is 4.10. The lowest BCUT2D eigenvalue weighted by Crippen LogP contribution is -2.46. The highest BCUT2D eigenvalue weighted by atomic mass is 16.3. The predicted octanol–water partition coefficient (Wildman–Crippen LogP) is 0.705. The summed E-state index contributed by atoms with van der Waals surface area (Å²) in [6.45, 7) is 2.95. The second-order valence-corrected chi connectivity index (χ2v) is 5.77. The summed E-state index contributed by atoms with van der Waals surface area (Å²) < 4.78 is 0. The molecule has 1 fully saturated rings. The number of aliphatic hydroxyl groups is 1. The van der Waals surface area contributed by atoms with Gasteiger partial charge in [0.25, 0.3) is 0 Å². The van der Waals surface area contributed by atoms with Gasteiger partial charge in [-0.2, -0.15) is 0 Å². The van der Waals surface area contributed by atoms with Crippen LogP contribution >= 0.6 is 0 Å². The number of hydrogen-bond acceptors (Lipinski definition) is 3. The topological polar surface area (TPSA) is 64.6 Å². The SMILES string of the molecule is CC(CNC(=O)N[C@@H]1C=C[C@H](CO)C1)N(C)C1CC1. The molecule has 1 unspecified atom stereocenters. The number of nitrogens with one attached hydrogen (secondary N) is 2. The van der Waals surface area contributed by atoms with Gasteiger partial charge in [-0.05, 0) is 33.2 Å². The van der Waals surface area contributed by atoms with Crippen LogP contribution in [0.25, 0.3) is 0 Å². The molecule has 5 heteroatoms. The van der Waals surface area contributed by atoms with Crippen molar-refractivity contribution in [2.75, 3.05) is 20.2 Å². The molecule has 0 heterocycles. The highest BCUT2D eigenvalue weighted by Crippen LogP contribution is 2.26. The zero-order chi connectivity index (χ0) is 13.8. The molecule has 0 aliphatic heterocycles. The zero-order valence-corrected chi connectivity index (χ0v) is 11.8. The summed E-state index contributed by atoms with van der Waals surface area (Å²) in [6, 6.07) is 1.00. The number of aliphatic hydroxyl groups excluding tert-OH is 1. The van der Waals surface area contributed by atoms with Gasteiger partial charge >= 0.3 is 6.03 Å². The molecule has 0 aromatic rings. The normalized spacial score (nSPS) is 27.6. The highest BCUT2D eigenvalue weighted by molar-refractivity contribution is 5.74. The number of hydrogen-bond donors (Lipinski definition) is 3. The number of urea groups is 1. The molecule has 0 radical (unpaired) electrons. The second-order valence-electron chi connectivity index (χ2n) is 5.77. The molecule has 3 N–H and O–H groups in total.